The molecule has 0 aromatic heterocycles. The van der Waals surface area contributed by atoms with Crippen molar-refractivity contribution < 1.29 is 34.0 Å². The number of phenolic OH excluding ortho intramolecular Hbond substituents is 1. The van der Waals surface area contributed by atoms with E-state index in [0.29, 0.717) is 12.1 Å². The number of phenols is 1. The average Bonchev–Trinajstić information content (AvgIpc) is 2.61. The first-order chi connectivity index (χ1) is 12.3. The summed E-state index contributed by atoms with van der Waals surface area (Å²) < 4.78 is 15.0. The Kier molecular flexibility index (Phi) is 5.21. The van der Waals surface area contributed by atoms with Crippen molar-refractivity contribution in [2.75, 3.05) is 14.2 Å². The molecule has 0 atom stereocenters. The lowest BCUT2D eigenvalue weighted by molar-refractivity contribution is -0.394. The molecule has 0 unspecified atom stereocenters. The molecule has 0 saturated heterocycles. The van der Waals surface area contributed by atoms with Crippen molar-refractivity contribution in [2.24, 2.45) is 0 Å². The molecule has 2 aromatic rings. The fourth-order valence-corrected chi connectivity index (χ4v) is 2.10. The number of carbonyl (C=O) groups excluding carboxylic acids is 1. The quantitative estimate of drug-likeness (QED) is 0.352. The van der Waals surface area contributed by atoms with Gasteiger partial charge in [-0.15, -0.1) is 0 Å². The number of carbonyl (C=O) groups is 1. The van der Waals surface area contributed by atoms with Gasteiger partial charge in [0.2, 0.25) is 5.75 Å². The smallest absolute Gasteiger partial charge is 0.351 e. The number of nitro groups is 2. The van der Waals surface area contributed by atoms with Gasteiger partial charge in [0.1, 0.15) is 17.1 Å². The number of ether oxygens (including phenoxy) is 3. The van der Waals surface area contributed by atoms with Crippen LogP contribution in [0.1, 0.15) is 10.4 Å². The second kappa shape index (κ2) is 7.34. The standard InChI is InChI=1S/C15H12N2O9/c1-24-10-4-3-5-11(25-2)13(10)15(19)26-12-7-8(16(20)21)6-9(14(12)18)17(22)23/h3-7,18H,1-2H3. The highest BCUT2D eigenvalue weighted by Gasteiger charge is 2.28. The summed E-state index contributed by atoms with van der Waals surface area (Å²) in [6.45, 7) is 0. The number of hydrogen-bond donors (Lipinski definition) is 1. The number of aromatic hydroxyl groups is 1. The van der Waals surface area contributed by atoms with E-state index in [1.54, 1.807) is 6.07 Å². The lowest BCUT2D eigenvalue weighted by Gasteiger charge is -2.12. The number of methoxy groups -OCH3 is 2. The average molecular weight is 364 g/mol. The highest BCUT2D eigenvalue weighted by atomic mass is 16.6. The Morgan fingerprint density at radius 3 is 2.04 bits per heavy atom. The molecular weight excluding hydrogens is 352 g/mol. The van der Waals surface area contributed by atoms with Crippen LogP contribution < -0.4 is 14.2 Å². The van der Waals surface area contributed by atoms with E-state index in [9.17, 15) is 30.1 Å². The molecular formula is C15H12N2O9. The van der Waals surface area contributed by atoms with Crippen molar-refractivity contribution in [1.82, 2.24) is 0 Å². The van der Waals surface area contributed by atoms with E-state index in [1.807, 2.05) is 0 Å². The lowest BCUT2D eigenvalue weighted by Crippen LogP contribution is -2.12. The molecule has 1 N–H and O–H groups in total. The van der Waals surface area contributed by atoms with Crippen LogP contribution in [0.5, 0.6) is 23.0 Å². The van der Waals surface area contributed by atoms with Crippen LogP contribution in [0.4, 0.5) is 11.4 Å². The Labute approximate surface area is 145 Å². The van der Waals surface area contributed by atoms with Gasteiger partial charge in [0.15, 0.2) is 5.75 Å². The third kappa shape index (κ3) is 3.45. The van der Waals surface area contributed by atoms with E-state index in [-0.39, 0.29) is 17.1 Å². The molecule has 11 nitrogen and oxygen atoms in total. The molecule has 0 fully saturated rings. The Balaban J connectivity index is 2.54. The van der Waals surface area contributed by atoms with Crippen LogP contribution in [0.3, 0.4) is 0 Å². The number of esters is 1. The fraction of sp³-hybridized carbons (Fsp3) is 0.133. The summed E-state index contributed by atoms with van der Waals surface area (Å²) in [5, 5.41) is 31.8. The Morgan fingerprint density at radius 2 is 1.58 bits per heavy atom. The first kappa shape index (κ1) is 18.4. The zero-order valence-corrected chi connectivity index (χ0v) is 13.5. The molecule has 2 rings (SSSR count). The van der Waals surface area contributed by atoms with E-state index < -0.39 is 38.7 Å². The van der Waals surface area contributed by atoms with Gasteiger partial charge >= 0.3 is 11.7 Å². The van der Waals surface area contributed by atoms with Crippen molar-refractivity contribution in [3.8, 4) is 23.0 Å². The second-order valence-electron chi connectivity index (χ2n) is 4.75. The molecule has 11 heteroatoms. The van der Waals surface area contributed by atoms with Crippen LogP contribution in [-0.4, -0.2) is 35.1 Å². The molecule has 0 spiro atoms. The molecule has 136 valence electrons. The van der Waals surface area contributed by atoms with Crippen molar-refractivity contribution in [3.63, 3.8) is 0 Å². The highest BCUT2D eigenvalue weighted by Crippen LogP contribution is 2.40. The van der Waals surface area contributed by atoms with Gasteiger partial charge in [-0.3, -0.25) is 20.2 Å². The maximum atomic E-state index is 12.5. The zero-order chi connectivity index (χ0) is 19.4. The SMILES string of the molecule is COc1cccc(OC)c1C(=O)Oc1cc([N+](=O)[O-])cc([N+](=O)[O-])c1O. The van der Waals surface area contributed by atoms with E-state index in [0.717, 1.165) is 0 Å². The van der Waals surface area contributed by atoms with Crippen LogP contribution >= 0.6 is 0 Å². The molecule has 0 bridgehead atoms. The molecule has 0 saturated carbocycles. The largest absolute Gasteiger partial charge is 0.499 e. The number of nitrogens with zero attached hydrogens (tertiary/aromatic N) is 2. The normalized spacial score (nSPS) is 10.1. The van der Waals surface area contributed by atoms with Crippen molar-refractivity contribution >= 4 is 17.3 Å². The van der Waals surface area contributed by atoms with Crippen LogP contribution in [0.25, 0.3) is 0 Å². The van der Waals surface area contributed by atoms with Gasteiger partial charge in [-0.1, -0.05) is 6.07 Å². The van der Waals surface area contributed by atoms with Gasteiger partial charge in [0.25, 0.3) is 5.69 Å². The molecule has 0 heterocycles. The van der Waals surface area contributed by atoms with Crippen molar-refractivity contribution in [2.45, 2.75) is 0 Å². The summed E-state index contributed by atoms with van der Waals surface area (Å²) in [6.07, 6.45) is 0. The first-order valence-electron chi connectivity index (χ1n) is 6.89. The van der Waals surface area contributed by atoms with E-state index >= 15 is 0 Å². The molecule has 2 aromatic carbocycles. The summed E-state index contributed by atoms with van der Waals surface area (Å²) in [6, 6.07) is 5.67. The third-order valence-corrected chi connectivity index (χ3v) is 3.28. The number of hydrogen-bond acceptors (Lipinski definition) is 9. The van der Waals surface area contributed by atoms with Gasteiger partial charge in [0.05, 0.1) is 36.2 Å². The highest BCUT2D eigenvalue weighted by molar-refractivity contribution is 5.97. The molecule has 0 aliphatic rings. The minimum absolute atomic E-state index is 0.0776. The number of nitro benzene ring substituents is 2. The summed E-state index contributed by atoms with van der Waals surface area (Å²) >= 11 is 0. The monoisotopic (exact) mass is 364 g/mol. The molecule has 0 aliphatic carbocycles. The second-order valence-corrected chi connectivity index (χ2v) is 4.75. The predicted molar refractivity (Wildman–Crippen MR) is 85.9 cm³/mol. The number of non-ortho nitro benzene ring substituents is 1. The van der Waals surface area contributed by atoms with E-state index in [4.69, 9.17) is 14.2 Å². The fourth-order valence-electron chi connectivity index (χ4n) is 2.10. The van der Waals surface area contributed by atoms with Gasteiger partial charge in [0, 0.05) is 0 Å². The van der Waals surface area contributed by atoms with Crippen molar-refractivity contribution in [3.05, 3.63) is 56.1 Å². The zero-order valence-electron chi connectivity index (χ0n) is 13.5. The Morgan fingerprint density at radius 1 is 1.00 bits per heavy atom. The van der Waals surface area contributed by atoms with E-state index in [2.05, 4.69) is 0 Å². The molecule has 26 heavy (non-hydrogen) atoms. The maximum absolute atomic E-state index is 12.5. The minimum Gasteiger partial charge on any atom is -0.499 e. The van der Waals surface area contributed by atoms with Crippen molar-refractivity contribution in [1.29, 1.82) is 0 Å². The summed E-state index contributed by atoms with van der Waals surface area (Å²) in [5.74, 6) is -2.71. The minimum atomic E-state index is -1.09. The van der Waals surface area contributed by atoms with Crippen LogP contribution in [0.15, 0.2) is 30.3 Å². The van der Waals surface area contributed by atoms with Gasteiger partial charge in [-0.05, 0) is 12.1 Å². The lowest BCUT2D eigenvalue weighted by atomic mass is 10.1. The Hall–Kier alpha value is -3.89. The maximum Gasteiger partial charge on any atom is 0.351 e. The van der Waals surface area contributed by atoms with Crippen LogP contribution in [0.2, 0.25) is 0 Å². The van der Waals surface area contributed by atoms with Crippen LogP contribution in [-0.2, 0) is 0 Å². The first-order valence-corrected chi connectivity index (χ1v) is 6.89. The van der Waals surface area contributed by atoms with Crippen LogP contribution in [0, 0.1) is 20.2 Å². The van der Waals surface area contributed by atoms with Gasteiger partial charge < -0.3 is 19.3 Å². The molecule has 0 aliphatic heterocycles. The molecule has 0 radical (unpaired) electrons. The summed E-state index contributed by atoms with van der Waals surface area (Å²) in [5.41, 5.74) is -1.87. The Bertz CT molecular complexity index is 873. The summed E-state index contributed by atoms with van der Waals surface area (Å²) in [7, 11) is 2.59. The topological polar surface area (TPSA) is 151 Å². The summed E-state index contributed by atoms with van der Waals surface area (Å²) in [4.78, 5) is 32.4. The predicted octanol–water partition coefficient (Wildman–Crippen LogP) is 2.45. The van der Waals surface area contributed by atoms with Gasteiger partial charge in [-0.2, -0.15) is 0 Å². The number of benzene rings is 2. The third-order valence-electron chi connectivity index (χ3n) is 3.28. The van der Waals surface area contributed by atoms with E-state index in [1.165, 1.54) is 26.4 Å². The number of rotatable bonds is 6. The van der Waals surface area contributed by atoms with Gasteiger partial charge in [-0.25, -0.2) is 4.79 Å². The molecule has 0 amide bonds.